The minimum absolute atomic E-state index is 0.287. The summed E-state index contributed by atoms with van der Waals surface area (Å²) in [7, 11) is 0. The molecule has 0 unspecified atom stereocenters. The van der Waals surface area contributed by atoms with Crippen LogP contribution >= 0.6 is 23.1 Å². The zero-order valence-electron chi connectivity index (χ0n) is 10.6. The van der Waals surface area contributed by atoms with Gasteiger partial charge >= 0.3 is 0 Å². The Morgan fingerprint density at radius 3 is 2.95 bits per heavy atom. The lowest BCUT2D eigenvalue weighted by molar-refractivity contribution is 0.580. The van der Waals surface area contributed by atoms with Gasteiger partial charge in [0.2, 0.25) is 5.95 Å². The SMILES string of the molecule is CCNc1ncc(F)c(Sc2nc3ccccc3s2)n1. The minimum atomic E-state index is -0.434. The standard InChI is InChI=1S/C13H11FN4S2/c1-2-15-12-16-7-8(14)11(18-12)20-13-17-9-5-3-4-6-10(9)19-13/h3-7H,2H2,1H3,(H,15,16,18). The van der Waals surface area contributed by atoms with Crippen molar-refractivity contribution in [1.29, 1.82) is 0 Å². The van der Waals surface area contributed by atoms with Crippen molar-refractivity contribution < 1.29 is 4.39 Å². The summed E-state index contributed by atoms with van der Waals surface area (Å²) in [6.45, 7) is 2.63. The first kappa shape index (κ1) is 13.3. The average Bonchev–Trinajstić information content (AvgIpc) is 2.85. The van der Waals surface area contributed by atoms with E-state index in [2.05, 4.69) is 20.3 Å². The molecule has 1 N–H and O–H groups in total. The number of fused-ring (bicyclic) bond motifs is 1. The molecule has 102 valence electrons. The Morgan fingerprint density at radius 2 is 2.15 bits per heavy atom. The van der Waals surface area contributed by atoms with Crippen molar-refractivity contribution in [3.05, 3.63) is 36.3 Å². The molecule has 0 aliphatic heterocycles. The predicted octanol–water partition coefficient (Wildman–Crippen LogP) is 3.81. The number of benzene rings is 1. The largest absolute Gasteiger partial charge is 0.354 e. The van der Waals surface area contributed by atoms with E-state index >= 15 is 0 Å². The van der Waals surface area contributed by atoms with Gasteiger partial charge in [-0.15, -0.1) is 11.3 Å². The van der Waals surface area contributed by atoms with Crippen LogP contribution in [-0.2, 0) is 0 Å². The monoisotopic (exact) mass is 306 g/mol. The van der Waals surface area contributed by atoms with E-state index in [0.29, 0.717) is 12.5 Å². The van der Waals surface area contributed by atoms with Crippen molar-refractivity contribution in [2.45, 2.75) is 16.3 Å². The first-order valence-electron chi connectivity index (χ1n) is 6.06. The Balaban J connectivity index is 1.91. The van der Waals surface area contributed by atoms with Crippen LogP contribution in [0.25, 0.3) is 10.2 Å². The van der Waals surface area contributed by atoms with Crippen LogP contribution in [0.2, 0.25) is 0 Å². The third kappa shape index (κ3) is 2.73. The molecule has 2 heterocycles. The highest BCUT2D eigenvalue weighted by molar-refractivity contribution is 8.01. The number of thiazole rings is 1. The smallest absolute Gasteiger partial charge is 0.223 e. The van der Waals surface area contributed by atoms with Gasteiger partial charge in [-0.1, -0.05) is 12.1 Å². The maximum absolute atomic E-state index is 13.8. The molecule has 0 radical (unpaired) electrons. The van der Waals surface area contributed by atoms with Crippen LogP contribution in [0.1, 0.15) is 6.92 Å². The van der Waals surface area contributed by atoms with Crippen molar-refractivity contribution in [2.75, 3.05) is 11.9 Å². The van der Waals surface area contributed by atoms with Crippen LogP contribution in [0.5, 0.6) is 0 Å². The normalized spacial score (nSPS) is 10.9. The van der Waals surface area contributed by atoms with Crippen LogP contribution in [-0.4, -0.2) is 21.5 Å². The summed E-state index contributed by atoms with van der Waals surface area (Å²) >= 11 is 2.75. The summed E-state index contributed by atoms with van der Waals surface area (Å²) in [5.74, 6) is -0.00609. The summed E-state index contributed by atoms with van der Waals surface area (Å²) in [6.07, 6.45) is 1.18. The molecule has 1 aromatic carbocycles. The second-order valence-electron chi connectivity index (χ2n) is 3.93. The molecule has 0 saturated heterocycles. The van der Waals surface area contributed by atoms with E-state index < -0.39 is 5.82 Å². The van der Waals surface area contributed by atoms with Gasteiger partial charge in [-0.3, -0.25) is 0 Å². The molecule has 3 rings (SSSR count). The quantitative estimate of drug-likeness (QED) is 0.743. The van der Waals surface area contributed by atoms with Crippen LogP contribution in [0.15, 0.2) is 39.8 Å². The van der Waals surface area contributed by atoms with E-state index in [-0.39, 0.29) is 5.03 Å². The molecule has 4 nitrogen and oxygen atoms in total. The highest BCUT2D eigenvalue weighted by atomic mass is 32.2. The molecular formula is C13H11FN4S2. The van der Waals surface area contributed by atoms with Crippen LogP contribution in [0, 0.1) is 5.82 Å². The van der Waals surface area contributed by atoms with Crippen LogP contribution in [0.3, 0.4) is 0 Å². The Labute approximate surface area is 123 Å². The fourth-order valence-electron chi connectivity index (χ4n) is 1.64. The Hall–Kier alpha value is -1.73. The molecule has 0 fully saturated rings. The van der Waals surface area contributed by atoms with E-state index in [4.69, 9.17) is 0 Å². The summed E-state index contributed by atoms with van der Waals surface area (Å²) < 4.78 is 15.6. The molecule has 0 spiro atoms. The Kier molecular flexibility index (Phi) is 3.79. The third-order valence-corrected chi connectivity index (χ3v) is 4.58. The maximum Gasteiger partial charge on any atom is 0.223 e. The van der Waals surface area contributed by atoms with E-state index in [1.807, 2.05) is 31.2 Å². The van der Waals surface area contributed by atoms with Crippen molar-refractivity contribution >= 4 is 39.3 Å². The van der Waals surface area contributed by atoms with Crippen LogP contribution in [0.4, 0.5) is 10.3 Å². The number of nitrogens with zero attached hydrogens (tertiary/aromatic N) is 3. The number of aromatic nitrogens is 3. The van der Waals surface area contributed by atoms with Crippen molar-refractivity contribution in [2.24, 2.45) is 0 Å². The van der Waals surface area contributed by atoms with Gasteiger partial charge in [0.15, 0.2) is 10.2 Å². The van der Waals surface area contributed by atoms with Gasteiger partial charge in [-0.2, -0.15) is 0 Å². The molecule has 0 aliphatic carbocycles. The molecule has 20 heavy (non-hydrogen) atoms. The Morgan fingerprint density at radius 1 is 1.30 bits per heavy atom. The first-order chi connectivity index (χ1) is 9.76. The summed E-state index contributed by atoms with van der Waals surface area (Å²) in [6, 6.07) is 7.84. The number of hydrogen-bond donors (Lipinski definition) is 1. The van der Waals surface area contributed by atoms with Crippen molar-refractivity contribution in [3.63, 3.8) is 0 Å². The van der Waals surface area contributed by atoms with Gasteiger partial charge < -0.3 is 5.32 Å². The zero-order valence-corrected chi connectivity index (χ0v) is 12.3. The molecule has 0 bridgehead atoms. The molecule has 0 aliphatic rings. The lowest BCUT2D eigenvalue weighted by atomic mass is 10.3. The number of anilines is 1. The van der Waals surface area contributed by atoms with Gasteiger partial charge in [-0.05, 0) is 30.8 Å². The van der Waals surface area contributed by atoms with Gasteiger partial charge in [-0.25, -0.2) is 19.3 Å². The third-order valence-electron chi connectivity index (χ3n) is 2.51. The number of rotatable bonds is 4. The number of halogens is 1. The highest BCUT2D eigenvalue weighted by Gasteiger charge is 2.12. The van der Waals surface area contributed by atoms with E-state index in [0.717, 1.165) is 14.6 Å². The predicted molar refractivity (Wildman–Crippen MR) is 79.9 cm³/mol. The summed E-state index contributed by atoms with van der Waals surface area (Å²) in [5, 5.41) is 3.26. The lowest BCUT2D eigenvalue weighted by Crippen LogP contribution is -2.03. The number of para-hydroxylation sites is 1. The van der Waals surface area contributed by atoms with Crippen molar-refractivity contribution in [1.82, 2.24) is 15.0 Å². The number of hydrogen-bond acceptors (Lipinski definition) is 6. The fourth-order valence-corrected chi connectivity index (χ4v) is 3.61. The second kappa shape index (κ2) is 5.72. The molecule has 3 aromatic rings. The molecule has 7 heteroatoms. The van der Waals surface area contributed by atoms with Crippen molar-refractivity contribution in [3.8, 4) is 0 Å². The van der Waals surface area contributed by atoms with E-state index in [9.17, 15) is 4.39 Å². The van der Waals surface area contributed by atoms with Gasteiger partial charge in [0, 0.05) is 6.54 Å². The van der Waals surface area contributed by atoms with Gasteiger partial charge in [0.05, 0.1) is 16.4 Å². The average molecular weight is 306 g/mol. The summed E-state index contributed by atoms with van der Waals surface area (Å²) in [5.41, 5.74) is 0.918. The fraction of sp³-hybridized carbons (Fsp3) is 0.154. The Bertz CT molecular complexity index is 711. The molecule has 0 saturated carbocycles. The minimum Gasteiger partial charge on any atom is -0.354 e. The maximum atomic E-state index is 13.8. The summed E-state index contributed by atoms with van der Waals surface area (Å²) in [4.78, 5) is 12.5. The number of nitrogens with one attached hydrogen (secondary N) is 1. The lowest BCUT2D eigenvalue weighted by Gasteiger charge is -2.03. The molecular weight excluding hydrogens is 295 g/mol. The molecule has 2 aromatic heterocycles. The van der Waals surface area contributed by atoms with E-state index in [1.165, 1.54) is 29.3 Å². The van der Waals surface area contributed by atoms with Gasteiger partial charge in [0.1, 0.15) is 5.03 Å². The molecule has 0 atom stereocenters. The highest BCUT2D eigenvalue weighted by Crippen LogP contribution is 2.34. The zero-order chi connectivity index (χ0) is 13.9. The van der Waals surface area contributed by atoms with Crippen LogP contribution < -0.4 is 5.32 Å². The topological polar surface area (TPSA) is 50.7 Å². The van der Waals surface area contributed by atoms with Gasteiger partial charge in [0.25, 0.3) is 0 Å². The molecule has 0 amide bonds. The first-order valence-corrected chi connectivity index (χ1v) is 7.69. The van der Waals surface area contributed by atoms with E-state index in [1.54, 1.807) is 0 Å². The second-order valence-corrected chi connectivity index (χ2v) is 6.19.